The van der Waals surface area contributed by atoms with Crippen LogP contribution >= 0.6 is 0 Å². The van der Waals surface area contributed by atoms with Crippen molar-refractivity contribution in [2.45, 2.75) is 52.6 Å². The SMILES string of the molecule is COc1ccc(CNC(=O)NC2CC(CC(C)(C)C)C2)cc1. The molecule has 0 radical (unpaired) electrons. The van der Waals surface area contributed by atoms with Crippen molar-refractivity contribution in [3.8, 4) is 5.75 Å². The van der Waals surface area contributed by atoms with Gasteiger partial charge in [-0.2, -0.15) is 0 Å². The van der Waals surface area contributed by atoms with Gasteiger partial charge in [0.1, 0.15) is 5.75 Å². The molecule has 122 valence electrons. The highest BCUT2D eigenvalue weighted by molar-refractivity contribution is 5.74. The first kappa shape index (κ1) is 16.7. The molecule has 0 aliphatic heterocycles. The third-order valence-corrected chi connectivity index (χ3v) is 4.08. The Labute approximate surface area is 133 Å². The Morgan fingerprint density at radius 2 is 1.86 bits per heavy atom. The summed E-state index contributed by atoms with van der Waals surface area (Å²) in [6.45, 7) is 7.36. The lowest BCUT2D eigenvalue weighted by Crippen LogP contribution is -2.48. The van der Waals surface area contributed by atoms with E-state index in [4.69, 9.17) is 4.74 Å². The van der Waals surface area contributed by atoms with E-state index in [0.717, 1.165) is 30.1 Å². The Balaban J connectivity index is 1.64. The molecule has 22 heavy (non-hydrogen) atoms. The van der Waals surface area contributed by atoms with E-state index in [9.17, 15) is 4.79 Å². The molecule has 1 aliphatic carbocycles. The number of urea groups is 1. The van der Waals surface area contributed by atoms with Crippen molar-refractivity contribution in [3.05, 3.63) is 29.8 Å². The van der Waals surface area contributed by atoms with Crippen LogP contribution in [-0.2, 0) is 6.54 Å². The summed E-state index contributed by atoms with van der Waals surface area (Å²) < 4.78 is 5.11. The number of methoxy groups -OCH3 is 1. The van der Waals surface area contributed by atoms with Gasteiger partial charge in [0.15, 0.2) is 0 Å². The number of carbonyl (C=O) groups excluding carboxylic acids is 1. The average Bonchev–Trinajstić information content (AvgIpc) is 2.42. The zero-order valence-corrected chi connectivity index (χ0v) is 14.1. The van der Waals surface area contributed by atoms with Gasteiger partial charge in [0.05, 0.1) is 7.11 Å². The minimum atomic E-state index is -0.0740. The van der Waals surface area contributed by atoms with E-state index in [1.54, 1.807) is 7.11 Å². The second kappa shape index (κ2) is 7.03. The summed E-state index contributed by atoms with van der Waals surface area (Å²) >= 11 is 0. The van der Waals surface area contributed by atoms with Crippen LogP contribution in [0.1, 0.15) is 45.6 Å². The van der Waals surface area contributed by atoms with Gasteiger partial charge >= 0.3 is 6.03 Å². The molecule has 1 aliphatic rings. The van der Waals surface area contributed by atoms with Crippen LogP contribution in [0.5, 0.6) is 5.75 Å². The molecule has 0 bridgehead atoms. The number of hydrogen-bond acceptors (Lipinski definition) is 2. The first-order valence-corrected chi connectivity index (χ1v) is 8.03. The molecule has 0 spiro atoms. The lowest BCUT2D eigenvalue weighted by Gasteiger charge is -2.39. The number of ether oxygens (including phenoxy) is 1. The molecule has 0 aromatic heterocycles. The molecule has 4 nitrogen and oxygen atoms in total. The smallest absolute Gasteiger partial charge is 0.315 e. The van der Waals surface area contributed by atoms with Crippen LogP contribution in [0, 0.1) is 11.3 Å². The summed E-state index contributed by atoms with van der Waals surface area (Å²) in [5.74, 6) is 1.58. The van der Waals surface area contributed by atoms with Crippen LogP contribution < -0.4 is 15.4 Å². The summed E-state index contributed by atoms with van der Waals surface area (Å²) in [6, 6.07) is 7.98. The van der Waals surface area contributed by atoms with E-state index >= 15 is 0 Å². The van der Waals surface area contributed by atoms with Crippen molar-refractivity contribution in [3.63, 3.8) is 0 Å². The summed E-state index contributed by atoms with van der Waals surface area (Å²) in [5, 5.41) is 5.96. The molecule has 2 N–H and O–H groups in total. The first-order valence-electron chi connectivity index (χ1n) is 8.03. The molecule has 2 rings (SSSR count). The van der Waals surface area contributed by atoms with Gasteiger partial charge in [-0.25, -0.2) is 4.79 Å². The highest BCUT2D eigenvalue weighted by Gasteiger charge is 2.32. The van der Waals surface area contributed by atoms with E-state index in [1.165, 1.54) is 6.42 Å². The molecule has 0 unspecified atom stereocenters. The molecule has 0 heterocycles. The lowest BCUT2D eigenvalue weighted by atomic mass is 9.71. The van der Waals surface area contributed by atoms with Gasteiger partial charge in [-0.05, 0) is 48.3 Å². The molecule has 1 aromatic carbocycles. The third kappa shape index (κ3) is 5.24. The van der Waals surface area contributed by atoms with Gasteiger partial charge < -0.3 is 15.4 Å². The van der Waals surface area contributed by atoms with Crippen molar-refractivity contribution >= 4 is 6.03 Å². The highest BCUT2D eigenvalue weighted by atomic mass is 16.5. The number of carbonyl (C=O) groups is 1. The molecule has 0 atom stereocenters. The van der Waals surface area contributed by atoms with E-state index in [1.807, 2.05) is 24.3 Å². The molecular formula is C18H28N2O2. The second-order valence-electron chi connectivity index (χ2n) is 7.47. The van der Waals surface area contributed by atoms with Crippen molar-refractivity contribution < 1.29 is 9.53 Å². The van der Waals surface area contributed by atoms with Gasteiger partial charge in [0, 0.05) is 12.6 Å². The van der Waals surface area contributed by atoms with Gasteiger partial charge in [-0.1, -0.05) is 32.9 Å². The van der Waals surface area contributed by atoms with Crippen LogP contribution in [0.25, 0.3) is 0 Å². The lowest BCUT2D eigenvalue weighted by molar-refractivity contribution is 0.158. The maximum absolute atomic E-state index is 11.9. The number of hydrogen-bond donors (Lipinski definition) is 2. The molecule has 1 fully saturated rings. The average molecular weight is 304 g/mol. The monoisotopic (exact) mass is 304 g/mol. The minimum absolute atomic E-state index is 0.0740. The van der Waals surface area contributed by atoms with Crippen molar-refractivity contribution in [2.24, 2.45) is 11.3 Å². The summed E-state index contributed by atoms with van der Waals surface area (Å²) in [5.41, 5.74) is 1.45. The normalized spacial score (nSPS) is 20.9. The number of benzene rings is 1. The maximum atomic E-state index is 11.9. The molecular weight excluding hydrogens is 276 g/mol. The molecule has 1 saturated carbocycles. The molecule has 1 aromatic rings. The van der Waals surface area contributed by atoms with Crippen molar-refractivity contribution in [2.75, 3.05) is 7.11 Å². The van der Waals surface area contributed by atoms with Crippen LogP contribution in [0.4, 0.5) is 4.79 Å². The third-order valence-electron chi connectivity index (χ3n) is 4.08. The Morgan fingerprint density at radius 1 is 1.23 bits per heavy atom. The molecule has 0 saturated heterocycles. The predicted octanol–water partition coefficient (Wildman–Crippen LogP) is 3.71. The van der Waals surface area contributed by atoms with E-state index in [-0.39, 0.29) is 6.03 Å². The van der Waals surface area contributed by atoms with Gasteiger partial charge in [0.25, 0.3) is 0 Å². The Kier molecular flexibility index (Phi) is 5.33. The predicted molar refractivity (Wildman–Crippen MR) is 88.9 cm³/mol. The zero-order chi connectivity index (χ0) is 16.2. The van der Waals surface area contributed by atoms with Crippen LogP contribution in [-0.4, -0.2) is 19.2 Å². The van der Waals surface area contributed by atoms with E-state index in [0.29, 0.717) is 18.0 Å². The fourth-order valence-corrected chi connectivity index (χ4v) is 3.05. The quantitative estimate of drug-likeness (QED) is 0.871. The Hall–Kier alpha value is -1.71. The van der Waals surface area contributed by atoms with Crippen molar-refractivity contribution in [1.82, 2.24) is 10.6 Å². The molecule has 4 heteroatoms. The zero-order valence-electron chi connectivity index (χ0n) is 14.1. The topological polar surface area (TPSA) is 50.4 Å². The second-order valence-corrected chi connectivity index (χ2v) is 7.47. The van der Waals surface area contributed by atoms with E-state index in [2.05, 4.69) is 31.4 Å². The summed E-state index contributed by atoms with van der Waals surface area (Å²) in [4.78, 5) is 11.9. The summed E-state index contributed by atoms with van der Waals surface area (Å²) in [6.07, 6.45) is 3.44. The Morgan fingerprint density at radius 3 is 2.41 bits per heavy atom. The standard InChI is InChI=1S/C18H28N2O2/c1-18(2,3)11-14-9-15(10-14)20-17(21)19-12-13-5-7-16(22-4)8-6-13/h5-8,14-15H,9-12H2,1-4H3,(H2,19,20,21). The number of rotatable bonds is 5. The fraction of sp³-hybridized carbons (Fsp3) is 0.611. The number of amides is 2. The molecule has 2 amide bonds. The van der Waals surface area contributed by atoms with Crippen LogP contribution in [0.2, 0.25) is 0 Å². The van der Waals surface area contributed by atoms with Crippen LogP contribution in [0.15, 0.2) is 24.3 Å². The first-order chi connectivity index (χ1) is 10.4. The highest BCUT2D eigenvalue weighted by Crippen LogP contribution is 2.37. The van der Waals surface area contributed by atoms with Crippen molar-refractivity contribution in [1.29, 1.82) is 0 Å². The number of nitrogens with one attached hydrogen (secondary N) is 2. The summed E-state index contributed by atoms with van der Waals surface area (Å²) in [7, 11) is 1.65. The van der Waals surface area contributed by atoms with Gasteiger partial charge in [0.2, 0.25) is 0 Å². The largest absolute Gasteiger partial charge is 0.497 e. The fourth-order valence-electron chi connectivity index (χ4n) is 3.05. The van der Waals surface area contributed by atoms with Gasteiger partial charge in [-0.3, -0.25) is 0 Å². The Bertz CT molecular complexity index is 485. The van der Waals surface area contributed by atoms with Gasteiger partial charge in [-0.15, -0.1) is 0 Å². The maximum Gasteiger partial charge on any atom is 0.315 e. The minimum Gasteiger partial charge on any atom is -0.497 e. The van der Waals surface area contributed by atoms with Crippen LogP contribution in [0.3, 0.4) is 0 Å². The van der Waals surface area contributed by atoms with E-state index < -0.39 is 0 Å².